The molecule has 0 fully saturated rings. The summed E-state index contributed by atoms with van der Waals surface area (Å²) >= 11 is 6.17. The van der Waals surface area contributed by atoms with Crippen molar-refractivity contribution in [1.29, 1.82) is 0 Å². The number of amides is 1. The molecule has 0 saturated heterocycles. The fourth-order valence-electron chi connectivity index (χ4n) is 3.52. The lowest BCUT2D eigenvalue weighted by atomic mass is 10.1. The molecule has 0 aliphatic carbocycles. The minimum absolute atomic E-state index is 0.181. The molecule has 1 N–H and O–H groups in total. The third kappa shape index (κ3) is 4.74. The Kier molecular flexibility index (Phi) is 7.10. The minimum Gasteiger partial charge on any atom is -0.342 e. The number of benzene rings is 2. The molecule has 1 heterocycles. The number of hydrogen-bond donors (Lipinski definition) is 1. The number of rotatable bonds is 9. The van der Waals surface area contributed by atoms with Gasteiger partial charge in [0.15, 0.2) is 0 Å². The van der Waals surface area contributed by atoms with E-state index in [1.54, 1.807) is 12.1 Å². The molecule has 5 heteroatoms. The monoisotopic (exact) mass is 397 g/mol. The molecule has 1 atom stereocenters. The summed E-state index contributed by atoms with van der Waals surface area (Å²) in [4.78, 5) is 17.5. The summed E-state index contributed by atoms with van der Waals surface area (Å²) in [6.45, 7) is 5.11. The zero-order chi connectivity index (χ0) is 19.9. The lowest BCUT2D eigenvalue weighted by molar-refractivity contribution is 0.0938. The van der Waals surface area contributed by atoms with Gasteiger partial charge in [0.25, 0.3) is 5.91 Å². The van der Waals surface area contributed by atoms with Crippen LogP contribution in [0.3, 0.4) is 0 Å². The summed E-state index contributed by atoms with van der Waals surface area (Å²) in [6.07, 6.45) is 6.10. The highest BCUT2D eigenvalue weighted by atomic mass is 35.5. The van der Waals surface area contributed by atoms with E-state index in [-0.39, 0.29) is 11.9 Å². The minimum atomic E-state index is -0.216. The van der Waals surface area contributed by atoms with Gasteiger partial charge in [0, 0.05) is 6.54 Å². The lowest BCUT2D eigenvalue weighted by Gasteiger charge is -2.17. The van der Waals surface area contributed by atoms with Crippen LogP contribution in [-0.4, -0.2) is 15.5 Å². The maximum atomic E-state index is 12.7. The first-order valence-corrected chi connectivity index (χ1v) is 10.5. The van der Waals surface area contributed by atoms with Gasteiger partial charge in [-0.3, -0.25) is 4.79 Å². The number of carbonyl (C=O) groups excluding carboxylic acids is 1. The van der Waals surface area contributed by atoms with Gasteiger partial charge in [-0.25, -0.2) is 4.98 Å². The zero-order valence-corrected chi connectivity index (χ0v) is 17.4. The molecule has 0 aliphatic heterocycles. The average molecular weight is 398 g/mol. The molecule has 0 radical (unpaired) electrons. The van der Waals surface area contributed by atoms with Crippen LogP contribution in [0.15, 0.2) is 48.5 Å². The largest absolute Gasteiger partial charge is 0.342 e. The number of nitrogens with one attached hydrogen (secondary N) is 1. The molecule has 1 amide bonds. The molecule has 0 saturated carbocycles. The molecular weight excluding hydrogens is 370 g/mol. The highest BCUT2D eigenvalue weighted by Crippen LogP contribution is 2.23. The summed E-state index contributed by atoms with van der Waals surface area (Å²) in [5, 5.41) is 3.51. The van der Waals surface area contributed by atoms with E-state index in [4.69, 9.17) is 16.6 Å². The summed E-state index contributed by atoms with van der Waals surface area (Å²) in [5.41, 5.74) is 2.56. The molecule has 0 spiro atoms. The van der Waals surface area contributed by atoms with Crippen LogP contribution in [-0.2, 0) is 6.54 Å². The van der Waals surface area contributed by atoms with E-state index in [1.807, 2.05) is 37.3 Å². The van der Waals surface area contributed by atoms with Gasteiger partial charge in [-0.2, -0.15) is 0 Å². The molecule has 1 aromatic heterocycles. The van der Waals surface area contributed by atoms with Crippen molar-refractivity contribution in [2.45, 2.75) is 58.5 Å². The fraction of sp³-hybridized carbons (Fsp3) is 0.391. The van der Waals surface area contributed by atoms with Crippen molar-refractivity contribution in [3.63, 3.8) is 0 Å². The van der Waals surface area contributed by atoms with Crippen molar-refractivity contribution in [3.05, 3.63) is 64.9 Å². The normalized spacial score (nSPS) is 12.2. The summed E-state index contributed by atoms with van der Waals surface area (Å²) in [7, 11) is 0. The third-order valence-corrected chi connectivity index (χ3v) is 5.35. The summed E-state index contributed by atoms with van der Waals surface area (Å²) < 4.78 is 2.25. The van der Waals surface area contributed by atoms with Crippen LogP contribution < -0.4 is 5.32 Å². The van der Waals surface area contributed by atoms with Crippen molar-refractivity contribution in [2.75, 3.05) is 0 Å². The van der Waals surface area contributed by atoms with E-state index in [1.165, 1.54) is 25.7 Å². The van der Waals surface area contributed by atoms with Gasteiger partial charge in [-0.05, 0) is 37.6 Å². The van der Waals surface area contributed by atoms with Gasteiger partial charge < -0.3 is 9.88 Å². The van der Waals surface area contributed by atoms with Crippen molar-refractivity contribution in [3.8, 4) is 0 Å². The second-order valence-corrected chi connectivity index (χ2v) is 7.61. The molecule has 3 aromatic rings. The number of halogens is 1. The third-order valence-electron chi connectivity index (χ3n) is 5.02. The first-order chi connectivity index (χ1) is 13.6. The number of unbranched alkanes of at least 4 members (excludes halogenated alkanes) is 4. The maximum Gasteiger partial charge on any atom is 0.253 e. The number of aryl methyl sites for hydroxylation is 1. The predicted octanol–water partition coefficient (Wildman–Crippen LogP) is 6.15. The lowest BCUT2D eigenvalue weighted by Crippen LogP contribution is -2.29. The Morgan fingerprint density at radius 1 is 1.07 bits per heavy atom. The average Bonchev–Trinajstić information content (AvgIpc) is 3.07. The number of fused-ring (bicyclic) bond motifs is 1. The van der Waals surface area contributed by atoms with E-state index in [9.17, 15) is 4.79 Å². The molecule has 3 rings (SSSR count). The number of imidazole rings is 1. The first-order valence-electron chi connectivity index (χ1n) is 10.1. The number of para-hydroxylation sites is 2. The van der Waals surface area contributed by atoms with Crippen LogP contribution in [0.5, 0.6) is 0 Å². The fourth-order valence-corrected chi connectivity index (χ4v) is 3.74. The Morgan fingerprint density at radius 3 is 2.57 bits per heavy atom. The van der Waals surface area contributed by atoms with E-state index >= 15 is 0 Å². The summed E-state index contributed by atoms with van der Waals surface area (Å²) in [6, 6.07) is 15.0. The van der Waals surface area contributed by atoms with Crippen LogP contribution in [0.1, 0.15) is 68.2 Å². The van der Waals surface area contributed by atoms with Crippen LogP contribution >= 0.6 is 11.6 Å². The Morgan fingerprint density at radius 2 is 1.79 bits per heavy atom. The number of carbonyl (C=O) groups is 1. The van der Waals surface area contributed by atoms with Crippen LogP contribution in [0, 0.1) is 0 Å². The maximum absolute atomic E-state index is 12.7. The molecule has 28 heavy (non-hydrogen) atoms. The molecule has 0 bridgehead atoms. The molecule has 4 nitrogen and oxygen atoms in total. The first kappa shape index (κ1) is 20.4. The predicted molar refractivity (Wildman–Crippen MR) is 116 cm³/mol. The number of aromatic nitrogens is 2. The van der Waals surface area contributed by atoms with Gasteiger partial charge in [-0.1, -0.05) is 68.5 Å². The quantitative estimate of drug-likeness (QED) is 0.440. The zero-order valence-electron chi connectivity index (χ0n) is 16.6. The Labute approximate surface area is 171 Å². The standard InChI is InChI=1S/C23H28ClN3O/c1-3-4-5-6-11-16-27-21-15-10-9-14-20(21)26-22(27)17(2)25-23(28)18-12-7-8-13-19(18)24/h7-10,12-15,17H,3-6,11,16H2,1-2H3,(H,25,28). The van der Waals surface area contributed by atoms with Crippen LogP contribution in [0.4, 0.5) is 0 Å². The van der Waals surface area contributed by atoms with E-state index < -0.39 is 0 Å². The van der Waals surface area contributed by atoms with Gasteiger partial charge in [0.2, 0.25) is 0 Å². The molecule has 2 aromatic carbocycles. The van der Waals surface area contributed by atoms with Crippen LogP contribution in [0.25, 0.3) is 11.0 Å². The van der Waals surface area contributed by atoms with Crippen molar-refractivity contribution >= 4 is 28.5 Å². The number of hydrogen-bond acceptors (Lipinski definition) is 2. The molecule has 1 unspecified atom stereocenters. The highest BCUT2D eigenvalue weighted by molar-refractivity contribution is 6.33. The van der Waals surface area contributed by atoms with Gasteiger partial charge in [0.05, 0.1) is 27.7 Å². The van der Waals surface area contributed by atoms with E-state index in [2.05, 4.69) is 22.9 Å². The van der Waals surface area contributed by atoms with Gasteiger partial charge in [-0.15, -0.1) is 0 Å². The van der Waals surface area contributed by atoms with E-state index in [0.29, 0.717) is 10.6 Å². The highest BCUT2D eigenvalue weighted by Gasteiger charge is 2.19. The number of nitrogens with zero attached hydrogens (tertiary/aromatic N) is 2. The second-order valence-electron chi connectivity index (χ2n) is 7.20. The topological polar surface area (TPSA) is 46.9 Å². The van der Waals surface area contributed by atoms with E-state index in [0.717, 1.165) is 29.8 Å². The van der Waals surface area contributed by atoms with Crippen molar-refractivity contribution < 1.29 is 4.79 Å². The Bertz CT molecular complexity index is 934. The van der Waals surface area contributed by atoms with Crippen molar-refractivity contribution in [1.82, 2.24) is 14.9 Å². The Hall–Kier alpha value is -2.33. The smallest absolute Gasteiger partial charge is 0.253 e. The van der Waals surface area contributed by atoms with Gasteiger partial charge in [0.1, 0.15) is 5.82 Å². The van der Waals surface area contributed by atoms with Gasteiger partial charge >= 0.3 is 0 Å². The van der Waals surface area contributed by atoms with Crippen molar-refractivity contribution in [2.24, 2.45) is 0 Å². The Balaban J connectivity index is 1.79. The molecule has 148 valence electrons. The summed E-state index contributed by atoms with van der Waals surface area (Å²) in [5.74, 6) is 0.705. The second kappa shape index (κ2) is 9.74. The SMILES string of the molecule is CCCCCCCn1c(C(C)NC(=O)c2ccccc2Cl)nc2ccccc21. The molecule has 0 aliphatic rings. The molecular formula is C23H28ClN3O. The van der Waals surface area contributed by atoms with Crippen LogP contribution in [0.2, 0.25) is 5.02 Å².